The van der Waals surface area contributed by atoms with Crippen LogP contribution in [0.15, 0.2) is 72.8 Å². The Morgan fingerprint density at radius 1 is 0.977 bits per heavy atom. The smallest absolute Gasteiger partial charge is 0.408 e. The number of anilines is 1. The van der Waals surface area contributed by atoms with Crippen molar-refractivity contribution in [2.45, 2.75) is 58.2 Å². The second-order valence-corrected chi connectivity index (χ2v) is 11.0. The lowest BCUT2D eigenvalue weighted by molar-refractivity contribution is -0.140. The summed E-state index contributed by atoms with van der Waals surface area (Å²) in [5, 5.41) is 15.4. The number of phenolic OH excluding ortho intramolecular Hbond substituents is 1. The van der Waals surface area contributed by atoms with Crippen LogP contribution in [0.2, 0.25) is 0 Å². The fourth-order valence-corrected chi connectivity index (χ4v) is 4.44. The Labute approximate surface area is 253 Å². The van der Waals surface area contributed by atoms with Crippen molar-refractivity contribution in [2.75, 3.05) is 19.0 Å². The first-order valence-electron chi connectivity index (χ1n) is 14.0. The maximum Gasteiger partial charge on any atom is 0.408 e. The normalized spacial score (nSPS) is 12.3. The van der Waals surface area contributed by atoms with Crippen LogP contribution in [-0.4, -0.2) is 53.2 Å². The summed E-state index contributed by atoms with van der Waals surface area (Å²) in [7, 11) is 1.55. The van der Waals surface area contributed by atoms with Crippen molar-refractivity contribution in [1.29, 1.82) is 0 Å². The maximum atomic E-state index is 14.4. The van der Waals surface area contributed by atoms with Crippen LogP contribution in [-0.2, 0) is 20.7 Å². The van der Waals surface area contributed by atoms with E-state index in [0.29, 0.717) is 34.5 Å². The highest BCUT2D eigenvalue weighted by molar-refractivity contribution is 5.99. The lowest BCUT2D eigenvalue weighted by Gasteiger charge is -2.34. The van der Waals surface area contributed by atoms with E-state index in [4.69, 9.17) is 15.9 Å². The molecule has 2 atom stereocenters. The lowest BCUT2D eigenvalue weighted by Crippen LogP contribution is -2.53. The molecule has 0 saturated carbocycles. The zero-order chi connectivity index (χ0) is 31.6. The number of carbonyl (C=O) groups excluding carboxylic acids is 3. The van der Waals surface area contributed by atoms with Crippen LogP contribution in [0.25, 0.3) is 0 Å². The number of aromatic hydroxyl groups is 1. The van der Waals surface area contributed by atoms with E-state index in [1.165, 1.54) is 17.0 Å². The number of nitrogens with zero attached hydrogens (tertiary/aromatic N) is 1. The number of benzene rings is 3. The predicted octanol–water partition coefficient (Wildman–Crippen LogP) is 5.44. The number of nitrogens with one attached hydrogen (secondary N) is 2. The SMILES string of the molecule is C#Cc1ccc(C(C(=O)Nc2ccc(OC)cc2)N(CCC)C(=O)C(Cc2ccc(O)cc2)NC(=O)OC(C)(C)C)cc1. The molecule has 3 N–H and O–H groups in total. The van der Waals surface area contributed by atoms with Crippen LogP contribution >= 0.6 is 0 Å². The standard InChI is InChI=1S/C34H39N3O6/c1-7-21-37(32(40)29(36-33(41)43-34(3,4)5)22-24-11-17-27(38)18-12-24)30(25-13-9-23(8-2)10-14-25)31(39)35-26-15-19-28(42-6)20-16-26/h2,9-20,29-30,38H,7,21-22H2,1,3-6H3,(H,35,39)(H,36,41). The molecule has 0 bridgehead atoms. The first kappa shape index (κ1) is 32.5. The molecule has 43 heavy (non-hydrogen) atoms. The van der Waals surface area contributed by atoms with Gasteiger partial charge < -0.3 is 30.1 Å². The Bertz CT molecular complexity index is 1420. The van der Waals surface area contributed by atoms with Crippen LogP contribution in [0.4, 0.5) is 10.5 Å². The predicted molar refractivity (Wildman–Crippen MR) is 166 cm³/mol. The Morgan fingerprint density at radius 2 is 1.60 bits per heavy atom. The highest BCUT2D eigenvalue weighted by Gasteiger charge is 2.36. The molecule has 0 heterocycles. The van der Waals surface area contributed by atoms with Crippen molar-refractivity contribution in [1.82, 2.24) is 10.2 Å². The van der Waals surface area contributed by atoms with Crippen LogP contribution in [0.1, 0.15) is 56.8 Å². The van der Waals surface area contributed by atoms with Gasteiger partial charge >= 0.3 is 6.09 Å². The van der Waals surface area contributed by atoms with Gasteiger partial charge in [0.1, 0.15) is 29.2 Å². The van der Waals surface area contributed by atoms with Gasteiger partial charge in [-0.25, -0.2) is 4.79 Å². The van der Waals surface area contributed by atoms with Gasteiger partial charge in [-0.3, -0.25) is 9.59 Å². The molecular formula is C34H39N3O6. The molecular weight excluding hydrogens is 546 g/mol. The molecule has 0 aliphatic rings. The van der Waals surface area contributed by atoms with Gasteiger partial charge in [0.2, 0.25) is 5.91 Å². The number of ether oxygens (including phenoxy) is 2. The number of methoxy groups -OCH3 is 1. The van der Waals surface area contributed by atoms with Gasteiger partial charge in [-0.05, 0) is 86.8 Å². The summed E-state index contributed by atoms with van der Waals surface area (Å²) >= 11 is 0. The molecule has 3 amide bonds. The molecule has 0 spiro atoms. The highest BCUT2D eigenvalue weighted by atomic mass is 16.6. The third-order valence-corrected chi connectivity index (χ3v) is 6.42. The zero-order valence-electron chi connectivity index (χ0n) is 25.2. The van der Waals surface area contributed by atoms with Crippen LogP contribution in [0.5, 0.6) is 11.5 Å². The first-order chi connectivity index (χ1) is 20.4. The Balaban J connectivity index is 2.04. The molecule has 0 saturated heterocycles. The van der Waals surface area contributed by atoms with Crippen LogP contribution < -0.4 is 15.4 Å². The number of amides is 3. The monoisotopic (exact) mass is 585 g/mol. The summed E-state index contributed by atoms with van der Waals surface area (Å²) in [6.07, 6.45) is 5.43. The quantitative estimate of drug-likeness (QED) is 0.258. The Morgan fingerprint density at radius 3 is 2.14 bits per heavy atom. The molecule has 3 rings (SSSR count). The van der Waals surface area contributed by atoms with E-state index in [-0.39, 0.29) is 18.7 Å². The highest BCUT2D eigenvalue weighted by Crippen LogP contribution is 2.27. The fourth-order valence-electron chi connectivity index (χ4n) is 4.44. The summed E-state index contributed by atoms with van der Waals surface area (Å²) in [6.45, 7) is 7.30. The van der Waals surface area contributed by atoms with Gasteiger partial charge in [0.25, 0.3) is 5.91 Å². The van der Waals surface area contributed by atoms with Crippen molar-refractivity contribution in [3.8, 4) is 23.8 Å². The van der Waals surface area contributed by atoms with E-state index in [2.05, 4.69) is 16.6 Å². The van der Waals surface area contributed by atoms with Crippen molar-refractivity contribution < 1.29 is 29.0 Å². The number of terminal acetylenes is 1. The average Bonchev–Trinajstić information content (AvgIpc) is 2.97. The topological polar surface area (TPSA) is 117 Å². The lowest BCUT2D eigenvalue weighted by atomic mass is 9.99. The zero-order valence-corrected chi connectivity index (χ0v) is 25.2. The molecule has 0 aliphatic carbocycles. The largest absolute Gasteiger partial charge is 0.508 e. The summed E-state index contributed by atoms with van der Waals surface area (Å²) in [4.78, 5) is 42.7. The van der Waals surface area contributed by atoms with Crippen molar-refractivity contribution >= 4 is 23.6 Å². The number of rotatable bonds is 11. The van der Waals surface area contributed by atoms with Gasteiger partial charge in [-0.2, -0.15) is 0 Å². The molecule has 226 valence electrons. The number of phenols is 1. The van der Waals surface area contributed by atoms with E-state index in [9.17, 15) is 19.5 Å². The van der Waals surface area contributed by atoms with Crippen molar-refractivity contribution in [3.63, 3.8) is 0 Å². The molecule has 0 radical (unpaired) electrons. The minimum Gasteiger partial charge on any atom is -0.508 e. The van der Waals surface area contributed by atoms with E-state index in [1.807, 2.05) is 6.92 Å². The average molecular weight is 586 g/mol. The molecule has 3 aromatic carbocycles. The molecule has 0 aromatic heterocycles. The summed E-state index contributed by atoms with van der Waals surface area (Å²) in [5.41, 5.74) is 1.60. The maximum absolute atomic E-state index is 14.4. The van der Waals surface area contributed by atoms with Crippen molar-refractivity contribution in [2.24, 2.45) is 0 Å². The van der Waals surface area contributed by atoms with E-state index >= 15 is 0 Å². The van der Waals surface area contributed by atoms with E-state index in [1.54, 1.807) is 88.5 Å². The van der Waals surface area contributed by atoms with E-state index < -0.39 is 35.6 Å². The van der Waals surface area contributed by atoms with Gasteiger partial charge in [-0.15, -0.1) is 6.42 Å². The number of alkyl carbamates (subject to hydrolysis) is 1. The van der Waals surface area contributed by atoms with Gasteiger partial charge in [0.05, 0.1) is 7.11 Å². The van der Waals surface area contributed by atoms with E-state index in [0.717, 1.165) is 0 Å². The number of hydrogen-bond acceptors (Lipinski definition) is 6. The minimum absolute atomic E-state index is 0.0741. The minimum atomic E-state index is -1.08. The summed E-state index contributed by atoms with van der Waals surface area (Å²) in [5.74, 6) is 2.35. The molecule has 3 aromatic rings. The second-order valence-electron chi connectivity index (χ2n) is 11.0. The second kappa shape index (κ2) is 14.8. The fraction of sp³-hybridized carbons (Fsp3) is 0.324. The summed E-state index contributed by atoms with van der Waals surface area (Å²) < 4.78 is 10.7. The summed E-state index contributed by atoms with van der Waals surface area (Å²) in [6, 6.07) is 18.0. The Hall–Kier alpha value is -4.97. The molecule has 2 unspecified atom stereocenters. The molecule has 0 aliphatic heterocycles. The number of hydrogen-bond donors (Lipinski definition) is 3. The van der Waals surface area contributed by atoms with Gasteiger partial charge in [0, 0.05) is 24.2 Å². The molecule has 9 nitrogen and oxygen atoms in total. The van der Waals surface area contributed by atoms with Gasteiger partial charge in [0.15, 0.2) is 0 Å². The Kier molecular flexibility index (Phi) is 11.2. The molecule has 9 heteroatoms. The van der Waals surface area contributed by atoms with Gasteiger partial charge in [-0.1, -0.05) is 37.1 Å². The first-order valence-corrected chi connectivity index (χ1v) is 14.0. The van der Waals surface area contributed by atoms with Crippen LogP contribution in [0, 0.1) is 12.3 Å². The third-order valence-electron chi connectivity index (χ3n) is 6.42. The number of carbonyl (C=O) groups is 3. The molecule has 0 fully saturated rings. The third kappa shape index (κ3) is 9.54. The van der Waals surface area contributed by atoms with Crippen molar-refractivity contribution in [3.05, 3.63) is 89.5 Å². The van der Waals surface area contributed by atoms with Crippen LogP contribution in [0.3, 0.4) is 0 Å².